The van der Waals surface area contributed by atoms with E-state index in [1.807, 2.05) is 25.8 Å². The predicted octanol–water partition coefficient (Wildman–Crippen LogP) is -0.575. The molecule has 62 valence electrons. The van der Waals surface area contributed by atoms with Crippen LogP contribution in [0.5, 0.6) is 0 Å². The first kappa shape index (κ1) is 8.75. The van der Waals surface area contributed by atoms with E-state index in [1.54, 1.807) is 11.9 Å². The van der Waals surface area contributed by atoms with Crippen molar-refractivity contribution in [2.24, 2.45) is 0 Å². The molecule has 1 fully saturated rings. The normalized spacial score (nSPS) is 23.3. The molecule has 1 aliphatic heterocycles. The third kappa shape index (κ3) is 1.01. The number of hydrogen-bond acceptors (Lipinski definition) is 2. The standard InChI is InChI=1S/C7H12N2OSe/c1-7(2)5(10)8(3)6(11)9(7)4/h1-4H3. The maximum absolute atomic E-state index is 11.5. The summed E-state index contributed by atoms with van der Waals surface area (Å²) in [6.45, 7) is 3.83. The third-order valence-electron chi connectivity index (χ3n) is 2.24. The van der Waals surface area contributed by atoms with Crippen LogP contribution in [0.4, 0.5) is 0 Å². The molecule has 0 aromatic carbocycles. The van der Waals surface area contributed by atoms with Crippen molar-refractivity contribution in [2.75, 3.05) is 14.1 Å². The van der Waals surface area contributed by atoms with Gasteiger partial charge in [0.1, 0.15) is 0 Å². The van der Waals surface area contributed by atoms with Gasteiger partial charge < -0.3 is 0 Å². The van der Waals surface area contributed by atoms with Gasteiger partial charge in [-0.1, -0.05) is 0 Å². The van der Waals surface area contributed by atoms with E-state index in [4.69, 9.17) is 0 Å². The van der Waals surface area contributed by atoms with E-state index in [-0.39, 0.29) is 5.91 Å². The van der Waals surface area contributed by atoms with Crippen LogP contribution in [0.2, 0.25) is 0 Å². The summed E-state index contributed by atoms with van der Waals surface area (Å²) < 4.78 is 0.889. The average Bonchev–Trinajstić information content (AvgIpc) is 2.06. The monoisotopic (exact) mass is 220 g/mol. The van der Waals surface area contributed by atoms with Crippen molar-refractivity contribution in [1.29, 1.82) is 0 Å². The van der Waals surface area contributed by atoms with Gasteiger partial charge >= 0.3 is 74.2 Å². The van der Waals surface area contributed by atoms with Crippen LogP contribution in [0.3, 0.4) is 0 Å². The average molecular weight is 219 g/mol. The quantitative estimate of drug-likeness (QED) is 0.509. The van der Waals surface area contributed by atoms with Gasteiger partial charge in [-0.2, -0.15) is 0 Å². The van der Waals surface area contributed by atoms with Crippen LogP contribution in [0.25, 0.3) is 0 Å². The zero-order chi connectivity index (χ0) is 8.81. The van der Waals surface area contributed by atoms with Crippen LogP contribution < -0.4 is 0 Å². The fourth-order valence-corrected chi connectivity index (χ4v) is 1.76. The maximum atomic E-state index is 11.5. The van der Waals surface area contributed by atoms with Crippen LogP contribution in [0, 0.1) is 0 Å². The number of likely N-dealkylation sites (N-methyl/N-ethyl adjacent to an activating group) is 2. The van der Waals surface area contributed by atoms with Crippen molar-refractivity contribution in [3.63, 3.8) is 0 Å². The van der Waals surface area contributed by atoms with E-state index in [0.717, 1.165) is 4.67 Å². The number of amides is 1. The Kier molecular flexibility index (Phi) is 1.85. The second-order valence-electron chi connectivity index (χ2n) is 3.26. The molecule has 0 aromatic rings. The van der Waals surface area contributed by atoms with Crippen molar-refractivity contribution < 1.29 is 4.79 Å². The van der Waals surface area contributed by atoms with Crippen molar-refractivity contribution >= 4 is 26.1 Å². The molecule has 0 saturated carbocycles. The number of rotatable bonds is 0. The first-order valence-electron chi connectivity index (χ1n) is 3.45. The molecule has 0 aromatic heterocycles. The van der Waals surface area contributed by atoms with Gasteiger partial charge in [0.15, 0.2) is 0 Å². The Morgan fingerprint density at radius 3 is 1.91 bits per heavy atom. The minimum atomic E-state index is -0.394. The fraction of sp³-hybridized carbons (Fsp3) is 0.714. The van der Waals surface area contributed by atoms with Gasteiger partial charge in [0, 0.05) is 0 Å². The summed E-state index contributed by atoms with van der Waals surface area (Å²) in [5.41, 5.74) is -0.394. The van der Waals surface area contributed by atoms with Gasteiger partial charge in [-0.05, 0) is 0 Å². The molecule has 0 bridgehead atoms. The Bertz CT molecular complexity index is 224. The first-order chi connectivity index (χ1) is 4.89. The second-order valence-corrected chi connectivity index (χ2v) is 4.03. The second kappa shape index (κ2) is 2.32. The van der Waals surface area contributed by atoms with Gasteiger partial charge in [0.05, 0.1) is 0 Å². The molecule has 0 spiro atoms. The van der Waals surface area contributed by atoms with E-state index in [0.29, 0.717) is 0 Å². The zero-order valence-corrected chi connectivity index (χ0v) is 8.92. The number of nitrogens with zero attached hydrogens (tertiary/aromatic N) is 2. The third-order valence-corrected chi connectivity index (χ3v) is 3.39. The van der Waals surface area contributed by atoms with E-state index in [2.05, 4.69) is 15.6 Å². The molecule has 1 saturated heterocycles. The number of hydrogen-bond donors (Lipinski definition) is 0. The fourth-order valence-electron chi connectivity index (χ4n) is 1.10. The molecule has 1 heterocycles. The molecular weight excluding hydrogens is 207 g/mol. The van der Waals surface area contributed by atoms with Gasteiger partial charge in [-0.15, -0.1) is 0 Å². The Balaban J connectivity index is 3.06. The summed E-state index contributed by atoms with van der Waals surface area (Å²) in [6, 6.07) is 0. The number of carbonyl (C=O) groups excluding carboxylic acids is 1. The topological polar surface area (TPSA) is 23.6 Å². The zero-order valence-electron chi connectivity index (χ0n) is 7.21. The SMILES string of the molecule is CN1C(=O)C(C)(C)N(C)C1=[Se]. The molecule has 1 amide bonds. The summed E-state index contributed by atoms with van der Waals surface area (Å²) >= 11 is 2.87. The van der Waals surface area contributed by atoms with E-state index >= 15 is 0 Å². The molecule has 4 heteroatoms. The summed E-state index contributed by atoms with van der Waals surface area (Å²) in [5, 5.41) is 0. The van der Waals surface area contributed by atoms with Crippen molar-refractivity contribution in [3.05, 3.63) is 0 Å². The molecule has 11 heavy (non-hydrogen) atoms. The van der Waals surface area contributed by atoms with E-state index in [1.165, 1.54) is 0 Å². The van der Waals surface area contributed by atoms with Crippen molar-refractivity contribution in [1.82, 2.24) is 9.80 Å². The molecule has 0 atom stereocenters. The van der Waals surface area contributed by atoms with Crippen LogP contribution in [0.15, 0.2) is 0 Å². The van der Waals surface area contributed by atoms with Crippen LogP contribution in [0.1, 0.15) is 13.8 Å². The summed E-state index contributed by atoms with van der Waals surface area (Å²) in [7, 11) is 3.69. The Morgan fingerprint density at radius 2 is 1.82 bits per heavy atom. The summed E-state index contributed by atoms with van der Waals surface area (Å²) in [5.74, 6) is 0.133. The molecule has 0 N–H and O–H groups in total. The summed E-state index contributed by atoms with van der Waals surface area (Å²) in [6.07, 6.45) is 0. The van der Waals surface area contributed by atoms with Gasteiger partial charge in [-0.25, -0.2) is 0 Å². The van der Waals surface area contributed by atoms with E-state index in [9.17, 15) is 4.79 Å². The van der Waals surface area contributed by atoms with Crippen LogP contribution in [-0.2, 0) is 4.79 Å². The van der Waals surface area contributed by atoms with E-state index < -0.39 is 5.54 Å². The van der Waals surface area contributed by atoms with Crippen molar-refractivity contribution in [3.8, 4) is 0 Å². The molecule has 1 rings (SSSR count). The Labute approximate surface area is 74.7 Å². The van der Waals surface area contributed by atoms with Gasteiger partial charge in [0.2, 0.25) is 0 Å². The van der Waals surface area contributed by atoms with Crippen LogP contribution in [-0.4, -0.2) is 55.6 Å². The molecule has 0 unspecified atom stereocenters. The molecule has 1 aliphatic rings. The Morgan fingerprint density at radius 1 is 1.36 bits per heavy atom. The molecular formula is C7H12N2OSe. The predicted molar refractivity (Wildman–Crippen MR) is 45.4 cm³/mol. The molecule has 3 nitrogen and oxygen atoms in total. The molecule has 0 radical (unpaired) electrons. The Hall–Kier alpha value is -0.341. The summed E-state index contributed by atoms with van der Waals surface area (Å²) in [4.78, 5) is 15.1. The van der Waals surface area contributed by atoms with Crippen LogP contribution >= 0.6 is 0 Å². The van der Waals surface area contributed by atoms with Gasteiger partial charge in [-0.3, -0.25) is 0 Å². The minimum absolute atomic E-state index is 0.133. The molecule has 0 aliphatic carbocycles. The van der Waals surface area contributed by atoms with Gasteiger partial charge in [0.25, 0.3) is 0 Å². The number of carbonyl (C=O) groups is 1. The van der Waals surface area contributed by atoms with Crippen molar-refractivity contribution in [2.45, 2.75) is 19.4 Å². The first-order valence-corrected chi connectivity index (χ1v) is 4.30.